The summed E-state index contributed by atoms with van der Waals surface area (Å²) in [5.41, 5.74) is 1.14. The highest BCUT2D eigenvalue weighted by Gasteiger charge is 2.08. The number of unbranched alkanes of at least 4 members (excludes halogenated alkanes) is 3. The van der Waals surface area contributed by atoms with E-state index in [4.69, 9.17) is 0 Å². The molecule has 0 aliphatic heterocycles. The fourth-order valence-electron chi connectivity index (χ4n) is 1.53. The van der Waals surface area contributed by atoms with Gasteiger partial charge in [0.25, 0.3) is 0 Å². The SMILES string of the molecule is C=CC/C(=C(/I)CCCCCC)C(C)O. The lowest BCUT2D eigenvalue weighted by Crippen LogP contribution is -2.05. The molecule has 0 heterocycles. The largest absolute Gasteiger partial charge is 0.389 e. The molecule has 0 saturated heterocycles. The van der Waals surface area contributed by atoms with E-state index in [-0.39, 0.29) is 6.10 Å². The molecule has 0 aliphatic rings. The lowest BCUT2D eigenvalue weighted by Gasteiger charge is -2.12. The highest BCUT2D eigenvalue weighted by molar-refractivity contribution is 14.1. The second-order valence-corrected chi connectivity index (χ2v) is 5.21. The van der Waals surface area contributed by atoms with Gasteiger partial charge in [-0.25, -0.2) is 0 Å². The van der Waals surface area contributed by atoms with Crippen molar-refractivity contribution in [1.29, 1.82) is 0 Å². The Morgan fingerprint density at radius 2 is 2.07 bits per heavy atom. The highest BCUT2D eigenvalue weighted by atomic mass is 127. The number of allylic oxidation sites excluding steroid dienone is 2. The van der Waals surface area contributed by atoms with Gasteiger partial charge in [-0.15, -0.1) is 6.58 Å². The average Bonchev–Trinajstić information content (AvgIpc) is 2.20. The molecule has 1 unspecified atom stereocenters. The number of hydrogen-bond acceptors (Lipinski definition) is 1. The summed E-state index contributed by atoms with van der Waals surface area (Å²) in [7, 11) is 0. The van der Waals surface area contributed by atoms with E-state index in [9.17, 15) is 5.11 Å². The van der Waals surface area contributed by atoms with Crippen molar-refractivity contribution in [2.75, 3.05) is 0 Å². The average molecular weight is 322 g/mol. The minimum atomic E-state index is -0.332. The summed E-state index contributed by atoms with van der Waals surface area (Å²) in [6.07, 6.45) is 8.57. The zero-order valence-electron chi connectivity index (χ0n) is 9.93. The van der Waals surface area contributed by atoms with Gasteiger partial charge in [0.2, 0.25) is 0 Å². The van der Waals surface area contributed by atoms with Gasteiger partial charge in [0.05, 0.1) is 6.10 Å². The molecule has 0 rings (SSSR count). The smallest absolute Gasteiger partial charge is 0.0735 e. The summed E-state index contributed by atoms with van der Waals surface area (Å²) in [6, 6.07) is 0. The van der Waals surface area contributed by atoms with Crippen molar-refractivity contribution in [3.05, 3.63) is 21.8 Å². The summed E-state index contributed by atoms with van der Waals surface area (Å²) >= 11 is 2.37. The maximum Gasteiger partial charge on any atom is 0.0735 e. The van der Waals surface area contributed by atoms with Crippen molar-refractivity contribution in [2.45, 2.75) is 58.5 Å². The summed E-state index contributed by atoms with van der Waals surface area (Å²) < 4.78 is 1.32. The van der Waals surface area contributed by atoms with Gasteiger partial charge < -0.3 is 5.11 Å². The van der Waals surface area contributed by atoms with Crippen molar-refractivity contribution in [1.82, 2.24) is 0 Å². The van der Waals surface area contributed by atoms with Crippen LogP contribution in [0.25, 0.3) is 0 Å². The summed E-state index contributed by atoms with van der Waals surface area (Å²) in [5.74, 6) is 0. The third kappa shape index (κ3) is 7.12. The summed E-state index contributed by atoms with van der Waals surface area (Å²) in [6.45, 7) is 7.79. The Morgan fingerprint density at radius 1 is 1.40 bits per heavy atom. The molecule has 0 aromatic carbocycles. The quantitative estimate of drug-likeness (QED) is 0.393. The molecule has 15 heavy (non-hydrogen) atoms. The Morgan fingerprint density at radius 3 is 2.53 bits per heavy atom. The third-order valence-electron chi connectivity index (χ3n) is 2.47. The summed E-state index contributed by atoms with van der Waals surface area (Å²) in [5, 5.41) is 9.61. The monoisotopic (exact) mass is 322 g/mol. The molecule has 0 fully saturated rings. The molecule has 0 bridgehead atoms. The number of halogens is 1. The molecule has 0 saturated carbocycles. The normalized spacial score (nSPS) is 14.7. The van der Waals surface area contributed by atoms with E-state index in [1.807, 2.05) is 13.0 Å². The van der Waals surface area contributed by atoms with E-state index in [2.05, 4.69) is 36.1 Å². The van der Waals surface area contributed by atoms with Gasteiger partial charge in [-0.3, -0.25) is 0 Å². The first-order valence-corrected chi connectivity index (χ1v) is 6.87. The summed E-state index contributed by atoms with van der Waals surface area (Å²) in [4.78, 5) is 0. The van der Waals surface area contributed by atoms with Crippen LogP contribution < -0.4 is 0 Å². The predicted molar refractivity (Wildman–Crippen MR) is 76.3 cm³/mol. The molecule has 0 aliphatic carbocycles. The maximum absolute atomic E-state index is 9.61. The molecule has 0 radical (unpaired) electrons. The lowest BCUT2D eigenvalue weighted by atomic mass is 10.0. The van der Waals surface area contributed by atoms with E-state index in [0.29, 0.717) is 0 Å². The first kappa shape index (κ1) is 15.2. The molecular formula is C13H23IO. The Hall–Kier alpha value is 0.170. The number of aliphatic hydroxyl groups is 1. The molecule has 0 amide bonds. The molecule has 1 atom stereocenters. The second kappa shape index (κ2) is 9.40. The lowest BCUT2D eigenvalue weighted by molar-refractivity contribution is 0.228. The van der Waals surface area contributed by atoms with E-state index < -0.39 is 0 Å². The zero-order chi connectivity index (χ0) is 11.7. The van der Waals surface area contributed by atoms with E-state index >= 15 is 0 Å². The van der Waals surface area contributed by atoms with Crippen LogP contribution in [-0.4, -0.2) is 11.2 Å². The van der Waals surface area contributed by atoms with Crippen LogP contribution in [0.5, 0.6) is 0 Å². The standard InChI is InChI=1S/C13H23IO/c1-4-6-7-8-10-13(14)12(9-5-2)11(3)15/h5,11,15H,2,4,6-10H2,1,3H3/b13-12-. The van der Waals surface area contributed by atoms with Gasteiger partial charge in [0.1, 0.15) is 0 Å². The minimum Gasteiger partial charge on any atom is -0.389 e. The van der Waals surface area contributed by atoms with Gasteiger partial charge in [0.15, 0.2) is 0 Å². The van der Waals surface area contributed by atoms with Gasteiger partial charge in [-0.1, -0.05) is 32.3 Å². The highest BCUT2D eigenvalue weighted by Crippen LogP contribution is 2.25. The Bertz CT molecular complexity index is 207. The van der Waals surface area contributed by atoms with Gasteiger partial charge in [0, 0.05) is 0 Å². The van der Waals surface area contributed by atoms with Crippen LogP contribution in [0.1, 0.15) is 52.4 Å². The van der Waals surface area contributed by atoms with E-state index in [1.54, 1.807) is 0 Å². The van der Waals surface area contributed by atoms with E-state index in [0.717, 1.165) is 18.4 Å². The van der Waals surface area contributed by atoms with Crippen molar-refractivity contribution in [2.24, 2.45) is 0 Å². The molecule has 1 N–H and O–H groups in total. The van der Waals surface area contributed by atoms with Crippen LogP contribution in [0.2, 0.25) is 0 Å². The number of aliphatic hydroxyl groups excluding tert-OH is 1. The molecule has 88 valence electrons. The number of rotatable bonds is 8. The molecule has 2 heteroatoms. The van der Waals surface area contributed by atoms with Crippen molar-refractivity contribution in [3.8, 4) is 0 Å². The first-order chi connectivity index (χ1) is 7.13. The Balaban J connectivity index is 4.12. The minimum absolute atomic E-state index is 0.332. The van der Waals surface area contributed by atoms with E-state index in [1.165, 1.54) is 29.3 Å². The molecule has 0 aromatic heterocycles. The van der Waals surface area contributed by atoms with Crippen LogP contribution >= 0.6 is 22.6 Å². The maximum atomic E-state index is 9.61. The van der Waals surface area contributed by atoms with Crippen LogP contribution in [-0.2, 0) is 0 Å². The zero-order valence-corrected chi connectivity index (χ0v) is 12.1. The number of hydrogen-bond donors (Lipinski definition) is 1. The molecular weight excluding hydrogens is 299 g/mol. The van der Waals surface area contributed by atoms with Gasteiger partial charge >= 0.3 is 0 Å². The fraction of sp³-hybridized carbons (Fsp3) is 0.692. The Kier molecular flexibility index (Phi) is 9.51. The fourth-order valence-corrected chi connectivity index (χ4v) is 2.58. The third-order valence-corrected chi connectivity index (χ3v) is 3.70. The Labute approximate surface area is 108 Å². The first-order valence-electron chi connectivity index (χ1n) is 5.79. The van der Waals surface area contributed by atoms with Crippen LogP contribution in [0, 0.1) is 0 Å². The van der Waals surface area contributed by atoms with Crippen LogP contribution in [0.3, 0.4) is 0 Å². The van der Waals surface area contributed by atoms with Crippen LogP contribution in [0.4, 0.5) is 0 Å². The van der Waals surface area contributed by atoms with Gasteiger partial charge in [-0.05, 0) is 57.9 Å². The molecule has 1 nitrogen and oxygen atoms in total. The topological polar surface area (TPSA) is 20.2 Å². The predicted octanol–water partition coefficient (Wildman–Crippen LogP) is 4.60. The molecule has 0 spiro atoms. The van der Waals surface area contributed by atoms with Crippen LogP contribution in [0.15, 0.2) is 21.8 Å². The van der Waals surface area contributed by atoms with Gasteiger partial charge in [-0.2, -0.15) is 0 Å². The molecule has 0 aromatic rings. The second-order valence-electron chi connectivity index (χ2n) is 3.91. The van der Waals surface area contributed by atoms with Crippen molar-refractivity contribution in [3.63, 3.8) is 0 Å². The van der Waals surface area contributed by atoms with Crippen molar-refractivity contribution < 1.29 is 5.11 Å². The van der Waals surface area contributed by atoms with Crippen molar-refractivity contribution >= 4 is 22.6 Å².